The molecule has 3 heterocycles. The van der Waals surface area contributed by atoms with Crippen molar-refractivity contribution in [2.75, 3.05) is 0 Å². The van der Waals surface area contributed by atoms with Crippen molar-refractivity contribution in [3.63, 3.8) is 0 Å². The van der Waals surface area contributed by atoms with Crippen LogP contribution in [0.1, 0.15) is 69.1 Å². The molecule has 2 unspecified atom stereocenters. The number of hydrogen-bond acceptors (Lipinski definition) is 3. The summed E-state index contributed by atoms with van der Waals surface area (Å²) in [6.07, 6.45) is 12.3. The molecule has 2 amide bonds. The summed E-state index contributed by atoms with van der Waals surface area (Å²) >= 11 is 1.86. The second-order valence-corrected chi connectivity index (χ2v) is 9.14. The first-order valence-electron chi connectivity index (χ1n) is 10.1. The van der Waals surface area contributed by atoms with E-state index in [1.165, 1.54) is 43.4 Å². The molecule has 0 radical (unpaired) electrons. The second kappa shape index (κ2) is 8.09. The highest BCUT2D eigenvalue weighted by atomic mass is 32.1. The Morgan fingerprint density at radius 2 is 1.72 bits per heavy atom. The van der Waals surface area contributed by atoms with Crippen molar-refractivity contribution in [3.8, 4) is 0 Å². The SMILES string of the molecule is O=C(NC1CCCCC1)NC1CC2CCCC(C1)N2Cc1cccs1. The Hall–Kier alpha value is -1.07. The zero-order valence-corrected chi connectivity index (χ0v) is 15.9. The van der Waals surface area contributed by atoms with Crippen molar-refractivity contribution < 1.29 is 4.79 Å². The van der Waals surface area contributed by atoms with Crippen LogP contribution in [0.3, 0.4) is 0 Å². The fraction of sp³-hybridized carbons (Fsp3) is 0.750. The Morgan fingerprint density at radius 1 is 1.00 bits per heavy atom. The minimum absolute atomic E-state index is 0.0710. The van der Waals surface area contributed by atoms with Gasteiger partial charge in [0.05, 0.1) is 0 Å². The molecule has 2 N–H and O–H groups in total. The van der Waals surface area contributed by atoms with Crippen molar-refractivity contribution in [3.05, 3.63) is 22.4 Å². The number of hydrogen-bond donors (Lipinski definition) is 2. The quantitative estimate of drug-likeness (QED) is 0.841. The van der Waals surface area contributed by atoms with Gasteiger partial charge in [0.1, 0.15) is 0 Å². The van der Waals surface area contributed by atoms with Crippen molar-refractivity contribution in [2.45, 2.75) is 94.9 Å². The van der Waals surface area contributed by atoms with Gasteiger partial charge in [-0.2, -0.15) is 0 Å². The van der Waals surface area contributed by atoms with E-state index in [9.17, 15) is 4.79 Å². The van der Waals surface area contributed by atoms with Crippen LogP contribution in [0, 0.1) is 0 Å². The maximum absolute atomic E-state index is 12.4. The molecule has 2 atom stereocenters. The van der Waals surface area contributed by atoms with Crippen LogP contribution < -0.4 is 10.6 Å². The van der Waals surface area contributed by atoms with Gasteiger partial charge in [0.25, 0.3) is 0 Å². The predicted octanol–water partition coefficient (Wildman–Crippen LogP) is 4.27. The third kappa shape index (κ3) is 4.37. The van der Waals surface area contributed by atoms with Crippen LogP contribution in [0.4, 0.5) is 4.79 Å². The van der Waals surface area contributed by atoms with Crippen molar-refractivity contribution >= 4 is 17.4 Å². The summed E-state index contributed by atoms with van der Waals surface area (Å²) < 4.78 is 0. The number of thiophene rings is 1. The van der Waals surface area contributed by atoms with E-state index in [4.69, 9.17) is 0 Å². The van der Waals surface area contributed by atoms with Crippen molar-refractivity contribution in [1.82, 2.24) is 15.5 Å². The third-order valence-electron chi connectivity index (χ3n) is 6.32. The van der Waals surface area contributed by atoms with Gasteiger partial charge in [0, 0.05) is 35.6 Å². The van der Waals surface area contributed by atoms with Gasteiger partial charge in [-0.15, -0.1) is 11.3 Å². The Balaban J connectivity index is 1.30. The highest BCUT2D eigenvalue weighted by Gasteiger charge is 2.38. The molecule has 3 aliphatic rings. The number of carbonyl (C=O) groups is 1. The molecule has 4 nitrogen and oxygen atoms in total. The molecule has 1 aromatic rings. The van der Waals surface area contributed by atoms with Crippen molar-refractivity contribution in [2.24, 2.45) is 0 Å². The van der Waals surface area contributed by atoms with Gasteiger partial charge in [-0.1, -0.05) is 31.7 Å². The molecular formula is C20H31N3OS. The van der Waals surface area contributed by atoms with E-state index >= 15 is 0 Å². The highest BCUT2D eigenvalue weighted by molar-refractivity contribution is 7.09. The molecule has 2 aliphatic heterocycles. The van der Waals surface area contributed by atoms with Crippen LogP contribution in [0.2, 0.25) is 0 Å². The lowest BCUT2D eigenvalue weighted by Gasteiger charge is -2.49. The summed E-state index contributed by atoms with van der Waals surface area (Å²) in [6, 6.07) is 6.48. The summed E-state index contributed by atoms with van der Waals surface area (Å²) in [4.78, 5) is 16.6. The standard InChI is InChI=1S/C20H31N3OS/c24-20(21-15-6-2-1-3-7-15)22-16-12-17-8-4-9-18(13-16)23(17)14-19-10-5-11-25-19/h5,10-11,15-18H,1-4,6-9,12-14H2,(H2,21,22,24). The van der Waals surface area contributed by atoms with E-state index in [2.05, 4.69) is 33.0 Å². The largest absolute Gasteiger partial charge is 0.335 e. The van der Waals surface area contributed by atoms with Gasteiger partial charge in [-0.3, -0.25) is 4.90 Å². The van der Waals surface area contributed by atoms with E-state index in [1.807, 2.05) is 11.3 Å². The normalized spacial score (nSPS) is 30.8. The summed E-state index contributed by atoms with van der Waals surface area (Å²) in [6.45, 7) is 1.09. The summed E-state index contributed by atoms with van der Waals surface area (Å²) in [7, 11) is 0. The van der Waals surface area contributed by atoms with Gasteiger partial charge in [0.2, 0.25) is 0 Å². The monoisotopic (exact) mass is 361 g/mol. The van der Waals surface area contributed by atoms with E-state index < -0.39 is 0 Å². The Kier molecular flexibility index (Phi) is 5.61. The Labute approximate surface area is 155 Å². The van der Waals surface area contributed by atoms with Crippen LogP contribution in [-0.2, 0) is 6.54 Å². The van der Waals surface area contributed by atoms with Gasteiger partial charge >= 0.3 is 6.03 Å². The predicted molar refractivity (Wildman–Crippen MR) is 103 cm³/mol. The molecular weight excluding hydrogens is 330 g/mol. The zero-order valence-electron chi connectivity index (χ0n) is 15.1. The maximum Gasteiger partial charge on any atom is 0.315 e. The number of piperidine rings is 2. The highest BCUT2D eigenvalue weighted by Crippen LogP contribution is 2.35. The number of carbonyl (C=O) groups excluding carboxylic acids is 1. The van der Waals surface area contributed by atoms with Crippen LogP contribution in [-0.4, -0.2) is 35.1 Å². The average Bonchev–Trinajstić information content (AvgIpc) is 3.09. The average molecular weight is 362 g/mol. The van der Waals surface area contributed by atoms with Crippen molar-refractivity contribution in [1.29, 1.82) is 0 Å². The van der Waals surface area contributed by atoms with Crippen LogP contribution in [0.25, 0.3) is 0 Å². The summed E-state index contributed by atoms with van der Waals surface area (Å²) in [5.74, 6) is 0. The second-order valence-electron chi connectivity index (χ2n) is 8.11. The molecule has 3 fully saturated rings. The molecule has 2 saturated heterocycles. The number of amides is 2. The lowest BCUT2D eigenvalue weighted by atomic mass is 9.81. The van der Waals surface area contributed by atoms with Gasteiger partial charge in [-0.25, -0.2) is 4.79 Å². The van der Waals surface area contributed by atoms with Crippen LogP contribution in [0.5, 0.6) is 0 Å². The number of fused-ring (bicyclic) bond motifs is 2. The maximum atomic E-state index is 12.4. The Morgan fingerprint density at radius 3 is 2.40 bits per heavy atom. The number of nitrogens with one attached hydrogen (secondary N) is 2. The zero-order chi connectivity index (χ0) is 17.1. The molecule has 2 bridgehead atoms. The number of rotatable bonds is 4. The molecule has 0 aromatic carbocycles. The lowest BCUT2D eigenvalue weighted by molar-refractivity contribution is 0.0204. The number of nitrogens with zero attached hydrogens (tertiary/aromatic N) is 1. The molecule has 0 spiro atoms. The topological polar surface area (TPSA) is 44.4 Å². The third-order valence-corrected chi connectivity index (χ3v) is 7.18. The first-order chi connectivity index (χ1) is 12.3. The molecule has 1 aliphatic carbocycles. The molecule has 138 valence electrons. The summed E-state index contributed by atoms with van der Waals surface area (Å²) in [5, 5.41) is 8.69. The molecule has 1 saturated carbocycles. The minimum atomic E-state index is 0.0710. The van der Waals surface area contributed by atoms with Gasteiger partial charge in [0.15, 0.2) is 0 Å². The minimum Gasteiger partial charge on any atom is -0.335 e. The van der Waals surface area contributed by atoms with E-state index in [1.54, 1.807) is 0 Å². The molecule has 25 heavy (non-hydrogen) atoms. The number of urea groups is 1. The smallest absolute Gasteiger partial charge is 0.315 e. The fourth-order valence-electron chi connectivity index (χ4n) is 5.10. The van der Waals surface area contributed by atoms with E-state index in [0.29, 0.717) is 24.2 Å². The Bertz CT molecular complexity index is 541. The first kappa shape index (κ1) is 17.3. The molecule has 5 heteroatoms. The fourth-order valence-corrected chi connectivity index (χ4v) is 5.81. The van der Waals surface area contributed by atoms with E-state index in [0.717, 1.165) is 32.2 Å². The first-order valence-corrected chi connectivity index (χ1v) is 11.0. The van der Waals surface area contributed by atoms with E-state index in [-0.39, 0.29) is 6.03 Å². The molecule has 1 aromatic heterocycles. The van der Waals surface area contributed by atoms with Crippen LogP contribution >= 0.6 is 11.3 Å². The van der Waals surface area contributed by atoms with Gasteiger partial charge in [-0.05, 0) is 50.0 Å². The van der Waals surface area contributed by atoms with Crippen LogP contribution in [0.15, 0.2) is 17.5 Å². The summed E-state index contributed by atoms with van der Waals surface area (Å²) in [5.41, 5.74) is 0. The van der Waals surface area contributed by atoms with Gasteiger partial charge < -0.3 is 10.6 Å². The molecule has 4 rings (SSSR count). The lowest BCUT2D eigenvalue weighted by Crippen LogP contribution is -2.58.